The standard InChI is InChI=1S/C20H18ClN3O3/c21-16-5-3-14(4-6-16)7-9-23-19(25)15-8-10-22-18(12-15)20(26)24-13-17-2-1-11-27-17/h1-6,8,10-12H,7,9,13H2,(H,23,25)(H,24,26). The summed E-state index contributed by atoms with van der Waals surface area (Å²) in [6.07, 6.45) is 3.66. The summed E-state index contributed by atoms with van der Waals surface area (Å²) in [6.45, 7) is 0.730. The molecule has 7 heteroatoms. The van der Waals surface area contributed by atoms with Gasteiger partial charge in [0.1, 0.15) is 11.5 Å². The van der Waals surface area contributed by atoms with Gasteiger partial charge in [-0.15, -0.1) is 0 Å². The van der Waals surface area contributed by atoms with Crippen molar-refractivity contribution in [3.63, 3.8) is 0 Å². The lowest BCUT2D eigenvalue weighted by atomic mass is 10.1. The van der Waals surface area contributed by atoms with Crippen molar-refractivity contribution in [1.82, 2.24) is 15.6 Å². The van der Waals surface area contributed by atoms with E-state index < -0.39 is 0 Å². The second-order valence-electron chi connectivity index (χ2n) is 5.82. The number of amides is 2. The zero-order valence-corrected chi connectivity index (χ0v) is 15.2. The molecule has 0 aliphatic heterocycles. The van der Waals surface area contributed by atoms with Crippen LogP contribution in [-0.2, 0) is 13.0 Å². The van der Waals surface area contributed by atoms with Crippen molar-refractivity contribution in [2.45, 2.75) is 13.0 Å². The van der Waals surface area contributed by atoms with E-state index in [0.717, 1.165) is 5.56 Å². The highest BCUT2D eigenvalue weighted by Crippen LogP contribution is 2.10. The molecule has 0 saturated carbocycles. The van der Waals surface area contributed by atoms with Gasteiger partial charge < -0.3 is 15.1 Å². The second kappa shape index (κ2) is 9.00. The quantitative estimate of drug-likeness (QED) is 0.656. The molecule has 2 aromatic heterocycles. The summed E-state index contributed by atoms with van der Waals surface area (Å²) in [5.41, 5.74) is 1.63. The van der Waals surface area contributed by atoms with Crippen LogP contribution in [0.3, 0.4) is 0 Å². The molecular weight excluding hydrogens is 366 g/mol. The molecule has 3 rings (SSSR count). The van der Waals surface area contributed by atoms with Gasteiger partial charge in [0.05, 0.1) is 12.8 Å². The van der Waals surface area contributed by atoms with E-state index in [1.165, 1.54) is 18.5 Å². The molecule has 138 valence electrons. The molecule has 1 aromatic carbocycles. The molecule has 2 amide bonds. The number of hydrogen-bond donors (Lipinski definition) is 2. The third-order valence-electron chi connectivity index (χ3n) is 3.87. The first-order valence-electron chi connectivity index (χ1n) is 8.41. The predicted molar refractivity (Wildman–Crippen MR) is 102 cm³/mol. The molecule has 0 bridgehead atoms. The summed E-state index contributed by atoms with van der Waals surface area (Å²) >= 11 is 5.85. The average molecular weight is 384 g/mol. The highest BCUT2D eigenvalue weighted by Gasteiger charge is 2.12. The fraction of sp³-hybridized carbons (Fsp3) is 0.150. The average Bonchev–Trinajstić information content (AvgIpc) is 3.21. The fourth-order valence-corrected chi connectivity index (χ4v) is 2.57. The van der Waals surface area contributed by atoms with E-state index in [2.05, 4.69) is 15.6 Å². The molecule has 0 unspecified atom stereocenters. The van der Waals surface area contributed by atoms with Crippen molar-refractivity contribution in [1.29, 1.82) is 0 Å². The monoisotopic (exact) mass is 383 g/mol. The van der Waals surface area contributed by atoms with Gasteiger partial charge in [0.15, 0.2) is 0 Å². The maximum Gasteiger partial charge on any atom is 0.270 e. The van der Waals surface area contributed by atoms with Gasteiger partial charge in [-0.3, -0.25) is 14.6 Å². The third kappa shape index (κ3) is 5.43. The summed E-state index contributed by atoms with van der Waals surface area (Å²) in [4.78, 5) is 28.5. The zero-order chi connectivity index (χ0) is 19.1. The molecule has 0 atom stereocenters. The van der Waals surface area contributed by atoms with Crippen LogP contribution in [0.1, 0.15) is 32.2 Å². The van der Waals surface area contributed by atoms with Gasteiger partial charge in [0, 0.05) is 23.3 Å². The largest absolute Gasteiger partial charge is 0.467 e. The van der Waals surface area contributed by atoms with Crippen molar-refractivity contribution in [3.8, 4) is 0 Å². The van der Waals surface area contributed by atoms with E-state index in [1.54, 1.807) is 18.2 Å². The molecule has 0 saturated heterocycles. The summed E-state index contributed by atoms with van der Waals surface area (Å²) in [5.74, 6) is 0.00751. The molecule has 0 aliphatic rings. The summed E-state index contributed by atoms with van der Waals surface area (Å²) in [6, 6.07) is 14.0. The Kier molecular flexibility index (Phi) is 6.22. The van der Waals surface area contributed by atoms with Crippen LogP contribution in [0.25, 0.3) is 0 Å². The van der Waals surface area contributed by atoms with Crippen LogP contribution in [-0.4, -0.2) is 23.3 Å². The van der Waals surface area contributed by atoms with Crippen molar-refractivity contribution in [2.24, 2.45) is 0 Å². The number of carbonyl (C=O) groups is 2. The number of rotatable bonds is 7. The van der Waals surface area contributed by atoms with Gasteiger partial charge in [-0.1, -0.05) is 23.7 Å². The highest BCUT2D eigenvalue weighted by molar-refractivity contribution is 6.30. The van der Waals surface area contributed by atoms with Gasteiger partial charge in [-0.05, 0) is 48.4 Å². The van der Waals surface area contributed by atoms with Crippen LogP contribution in [0.2, 0.25) is 5.02 Å². The van der Waals surface area contributed by atoms with Crippen LogP contribution in [0.5, 0.6) is 0 Å². The van der Waals surface area contributed by atoms with E-state index in [1.807, 2.05) is 24.3 Å². The van der Waals surface area contributed by atoms with Crippen LogP contribution >= 0.6 is 11.6 Å². The van der Waals surface area contributed by atoms with Gasteiger partial charge in [-0.2, -0.15) is 0 Å². The third-order valence-corrected chi connectivity index (χ3v) is 4.12. The first-order chi connectivity index (χ1) is 13.1. The Labute approximate surface area is 161 Å². The van der Waals surface area contributed by atoms with Crippen LogP contribution < -0.4 is 10.6 Å². The predicted octanol–water partition coefficient (Wildman–Crippen LogP) is 3.23. The lowest BCUT2D eigenvalue weighted by Crippen LogP contribution is -2.27. The smallest absolute Gasteiger partial charge is 0.270 e. The highest BCUT2D eigenvalue weighted by atomic mass is 35.5. The maximum absolute atomic E-state index is 12.3. The fourth-order valence-electron chi connectivity index (χ4n) is 2.44. The zero-order valence-electron chi connectivity index (χ0n) is 14.4. The Hall–Kier alpha value is -3.12. The Morgan fingerprint density at radius 1 is 1.04 bits per heavy atom. The van der Waals surface area contributed by atoms with Crippen LogP contribution in [0, 0.1) is 0 Å². The van der Waals surface area contributed by atoms with Crippen LogP contribution in [0.15, 0.2) is 65.4 Å². The van der Waals surface area contributed by atoms with E-state index >= 15 is 0 Å². The van der Waals surface area contributed by atoms with Gasteiger partial charge in [0.25, 0.3) is 11.8 Å². The van der Waals surface area contributed by atoms with E-state index in [0.29, 0.717) is 29.3 Å². The maximum atomic E-state index is 12.3. The van der Waals surface area contributed by atoms with Gasteiger partial charge >= 0.3 is 0 Å². The first-order valence-corrected chi connectivity index (χ1v) is 8.79. The number of aromatic nitrogens is 1. The normalized spacial score (nSPS) is 10.4. The number of pyridine rings is 1. The number of halogens is 1. The number of furan rings is 1. The minimum atomic E-state index is -0.373. The molecule has 6 nitrogen and oxygen atoms in total. The SMILES string of the molecule is O=C(NCCc1ccc(Cl)cc1)c1ccnc(C(=O)NCc2ccco2)c1. The Morgan fingerprint density at radius 3 is 2.59 bits per heavy atom. The molecule has 2 N–H and O–H groups in total. The van der Waals surface area contributed by atoms with E-state index in [-0.39, 0.29) is 24.1 Å². The molecule has 0 fully saturated rings. The molecule has 0 spiro atoms. The number of nitrogens with one attached hydrogen (secondary N) is 2. The molecule has 27 heavy (non-hydrogen) atoms. The summed E-state index contributed by atoms with van der Waals surface area (Å²) in [7, 11) is 0. The Morgan fingerprint density at radius 2 is 1.85 bits per heavy atom. The Bertz CT molecular complexity index is 908. The first kappa shape index (κ1) is 18.7. The van der Waals surface area contributed by atoms with Crippen molar-refractivity contribution >= 4 is 23.4 Å². The molecule has 0 radical (unpaired) electrons. The minimum Gasteiger partial charge on any atom is -0.467 e. The van der Waals surface area contributed by atoms with Gasteiger partial charge in [0.2, 0.25) is 0 Å². The van der Waals surface area contributed by atoms with E-state index in [4.69, 9.17) is 16.0 Å². The molecular formula is C20H18ClN3O3. The molecule has 3 aromatic rings. The minimum absolute atomic E-state index is 0.173. The van der Waals surface area contributed by atoms with Crippen molar-refractivity contribution in [3.05, 3.63) is 88.6 Å². The van der Waals surface area contributed by atoms with Crippen molar-refractivity contribution < 1.29 is 14.0 Å². The molecule has 2 heterocycles. The lowest BCUT2D eigenvalue weighted by Gasteiger charge is -2.07. The summed E-state index contributed by atoms with van der Waals surface area (Å²) in [5, 5.41) is 6.21. The van der Waals surface area contributed by atoms with Crippen LogP contribution in [0.4, 0.5) is 0 Å². The Balaban J connectivity index is 1.53. The lowest BCUT2D eigenvalue weighted by molar-refractivity contribution is 0.0943. The van der Waals surface area contributed by atoms with Crippen molar-refractivity contribution in [2.75, 3.05) is 6.54 Å². The topological polar surface area (TPSA) is 84.2 Å². The van der Waals surface area contributed by atoms with E-state index in [9.17, 15) is 9.59 Å². The number of benzene rings is 1. The summed E-state index contributed by atoms with van der Waals surface area (Å²) < 4.78 is 5.16. The second-order valence-corrected chi connectivity index (χ2v) is 6.26. The molecule has 0 aliphatic carbocycles. The number of nitrogens with zero attached hydrogens (tertiary/aromatic N) is 1. The number of hydrogen-bond acceptors (Lipinski definition) is 4. The van der Waals surface area contributed by atoms with Gasteiger partial charge in [-0.25, -0.2) is 0 Å². The number of carbonyl (C=O) groups excluding carboxylic acids is 2.